The summed E-state index contributed by atoms with van der Waals surface area (Å²) in [6.07, 6.45) is 3.48. The Morgan fingerprint density at radius 3 is 2.67 bits per heavy atom. The molecule has 2 nitrogen and oxygen atoms in total. The molecule has 3 saturated carbocycles. The van der Waals surface area contributed by atoms with Crippen LogP contribution < -0.4 is 5.32 Å². The highest BCUT2D eigenvalue weighted by Crippen LogP contribution is 2.66. The van der Waals surface area contributed by atoms with Crippen LogP contribution in [0.2, 0.25) is 0 Å². The molecule has 3 fully saturated rings. The van der Waals surface area contributed by atoms with Crippen LogP contribution in [0, 0.1) is 23.7 Å². The maximum Gasteiger partial charge on any atom is 0.0687 e. The molecule has 2 N–H and O–H groups in total. The van der Waals surface area contributed by atoms with Crippen molar-refractivity contribution in [2.45, 2.75) is 57.7 Å². The molecule has 2 unspecified atom stereocenters. The molecule has 2 heteroatoms. The number of rotatable bonds is 2. The topological polar surface area (TPSA) is 32.3 Å². The highest BCUT2D eigenvalue weighted by atomic mass is 16.3. The van der Waals surface area contributed by atoms with Crippen LogP contribution in [-0.2, 0) is 0 Å². The number of aliphatic hydroxyl groups is 1. The molecule has 0 spiro atoms. The van der Waals surface area contributed by atoms with Gasteiger partial charge in [-0.25, -0.2) is 0 Å². The van der Waals surface area contributed by atoms with E-state index in [2.05, 4.69) is 26.1 Å². The minimum Gasteiger partial charge on any atom is -0.390 e. The molecule has 6 atom stereocenters. The second-order valence-corrected chi connectivity index (χ2v) is 6.52. The average Bonchev–Trinajstić information content (AvgIpc) is 2.05. The zero-order valence-corrected chi connectivity index (χ0v) is 10.0. The van der Waals surface area contributed by atoms with Crippen molar-refractivity contribution in [1.82, 2.24) is 5.32 Å². The lowest BCUT2D eigenvalue weighted by atomic mass is 9.39. The predicted molar refractivity (Wildman–Crippen MR) is 60.5 cm³/mol. The minimum atomic E-state index is -0.262. The second-order valence-electron chi connectivity index (χ2n) is 6.52. The lowest BCUT2D eigenvalue weighted by molar-refractivity contribution is -0.262. The summed E-state index contributed by atoms with van der Waals surface area (Å²) in [4.78, 5) is 0. The van der Waals surface area contributed by atoms with Crippen LogP contribution in [-0.4, -0.2) is 22.8 Å². The zero-order chi connectivity index (χ0) is 10.8. The van der Waals surface area contributed by atoms with Crippen LogP contribution in [0.4, 0.5) is 0 Å². The minimum absolute atomic E-state index is 0.262. The molecule has 0 aromatic heterocycles. The lowest BCUT2D eigenvalue weighted by Gasteiger charge is -2.69. The summed E-state index contributed by atoms with van der Waals surface area (Å²) < 4.78 is 0. The van der Waals surface area contributed by atoms with Gasteiger partial charge in [-0.15, -0.1) is 0 Å². The normalized spacial score (nSPS) is 57.0. The fourth-order valence-electron chi connectivity index (χ4n) is 4.64. The fraction of sp³-hybridized carbons (Fsp3) is 1.00. The molecule has 3 rings (SSSR count). The van der Waals surface area contributed by atoms with Crippen LogP contribution in [0.25, 0.3) is 0 Å². The Morgan fingerprint density at radius 2 is 2.07 bits per heavy atom. The van der Waals surface area contributed by atoms with Gasteiger partial charge < -0.3 is 10.4 Å². The Hall–Kier alpha value is -0.0800. The lowest BCUT2D eigenvalue weighted by Crippen LogP contribution is -2.73. The molecule has 86 valence electrons. The number of hydrogen-bond acceptors (Lipinski definition) is 2. The first-order valence-electron chi connectivity index (χ1n) is 6.50. The molecule has 0 heterocycles. The molecule has 0 amide bonds. The van der Waals surface area contributed by atoms with E-state index in [0.717, 1.165) is 24.7 Å². The van der Waals surface area contributed by atoms with Gasteiger partial charge in [0.1, 0.15) is 0 Å². The molecule has 0 bridgehead atoms. The van der Waals surface area contributed by atoms with Crippen LogP contribution in [0.15, 0.2) is 0 Å². The number of hydrogen-bond donors (Lipinski definition) is 2. The van der Waals surface area contributed by atoms with E-state index in [4.69, 9.17) is 0 Å². The first-order valence-corrected chi connectivity index (χ1v) is 6.50. The third-order valence-electron chi connectivity index (χ3n) is 5.06. The van der Waals surface area contributed by atoms with Gasteiger partial charge in [-0.3, -0.25) is 0 Å². The van der Waals surface area contributed by atoms with E-state index in [0.29, 0.717) is 23.9 Å². The first-order chi connectivity index (χ1) is 7.01. The van der Waals surface area contributed by atoms with Crippen molar-refractivity contribution in [1.29, 1.82) is 0 Å². The van der Waals surface area contributed by atoms with Gasteiger partial charge in [-0.1, -0.05) is 20.8 Å². The molecule has 0 radical (unpaired) electrons. The summed E-state index contributed by atoms with van der Waals surface area (Å²) in [5.41, 5.74) is -0.262. The monoisotopic (exact) mass is 209 g/mol. The highest BCUT2D eigenvalue weighted by Gasteiger charge is 2.67. The summed E-state index contributed by atoms with van der Waals surface area (Å²) in [5, 5.41) is 14.1. The quantitative estimate of drug-likeness (QED) is 0.726. The fourth-order valence-corrected chi connectivity index (χ4v) is 4.64. The highest BCUT2D eigenvalue weighted by molar-refractivity contribution is 5.18. The van der Waals surface area contributed by atoms with E-state index in [1.54, 1.807) is 0 Å². The number of nitrogens with one attached hydrogen (secondary N) is 1. The van der Waals surface area contributed by atoms with Gasteiger partial charge in [0.25, 0.3) is 0 Å². The summed E-state index contributed by atoms with van der Waals surface area (Å²) in [6.45, 7) is 6.76. The van der Waals surface area contributed by atoms with E-state index in [1.165, 1.54) is 6.42 Å². The van der Waals surface area contributed by atoms with Crippen molar-refractivity contribution < 1.29 is 5.11 Å². The van der Waals surface area contributed by atoms with E-state index >= 15 is 0 Å². The van der Waals surface area contributed by atoms with E-state index in [9.17, 15) is 5.11 Å². The van der Waals surface area contributed by atoms with Crippen LogP contribution in [0.3, 0.4) is 0 Å². The van der Waals surface area contributed by atoms with E-state index in [-0.39, 0.29) is 5.60 Å². The Bertz CT molecular complexity index is 278. The van der Waals surface area contributed by atoms with Gasteiger partial charge in [-0.05, 0) is 42.9 Å². The average molecular weight is 209 g/mol. The van der Waals surface area contributed by atoms with Crippen LogP contribution >= 0.6 is 0 Å². The molecule has 0 aromatic rings. The van der Waals surface area contributed by atoms with Crippen molar-refractivity contribution in [2.24, 2.45) is 23.7 Å². The van der Waals surface area contributed by atoms with Gasteiger partial charge in [0, 0.05) is 12.1 Å². The zero-order valence-electron chi connectivity index (χ0n) is 10.0. The Morgan fingerprint density at radius 1 is 1.33 bits per heavy atom. The molecular formula is C13H23NO. The van der Waals surface area contributed by atoms with Crippen molar-refractivity contribution in [3.8, 4) is 0 Å². The van der Waals surface area contributed by atoms with Crippen molar-refractivity contribution >= 4 is 0 Å². The molecule has 0 aliphatic heterocycles. The molecule has 0 saturated heterocycles. The SMILES string of the molecule is CC(C)N[C@@H]1[C@H](C)C[C@]2(O)CC3C[C@H]1C32. The summed E-state index contributed by atoms with van der Waals surface area (Å²) in [6, 6.07) is 1.23. The van der Waals surface area contributed by atoms with Gasteiger partial charge in [0.15, 0.2) is 0 Å². The first kappa shape index (κ1) is 10.1. The Labute approximate surface area is 92.4 Å². The van der Waals surface area contributed by atoms with Crippen molar-refractivity contribution in [3.05, 3.63) is 0 Å². The molecule has 3 aliphatic rings. The Kier molecular flexibility index (Phi) is 2.01. The molecule has 3 aliphatic carbocycles. The third kappa shape index (κ3) is 1.24. The molecular weight excluding hydrogens is 186 g/mol. The standard InChI is InChI=1S/C13H23NO/c1-7(2)14-12-8(3)5-13(15)6-9-4-10(12)11(9)13/h7-12,14-15H,4-6H2,1-3H3/t8-,9?,10+,11?,12-,13+/m1/s1. The Balaban J connectivity index is 1.76. The molecule has 15 heavy (non-hydrogen) atoms. The summed E-state index contributed by atoms with van der Waals surface area (Å²) in [5.74, 6) is 2.91. The largest absolute Gasteiger partial charge is 0.390 e. The maximum absolute atomic E-state index is 10.4. The van der Waals surface area contributed by atoms with E-state index < -0.39 is 0 Å². The van der Waals surface area contributed by atoms with Crippen LogP contribution in [0.1, 0.15) is 40.0 Å². The van der Waals surface area contributed by atoms with E-state index in [1.807, 2.05) is 0 Å². The summed E-state index contributed by atoms with van der Waals surface area (Å²) in [7, 11) is 0. The predicted octanol–water partition coefficient (Wildman–Crippen LogP) is 1.78. The van der Waals surface area contributed by atoms with Gasteiger partial charge in [-0.2, -0.15) is 0 Å². The van der Waals surface area contributed by atoms with Crippen molar-refractivity contribution in [3.63, 3.8) is 0 Å². The van der Waals surface area contributed by atoms with Gasteiger partial charge in [0.2, 0.25) is 0 Å². The van der Waals surface area contributed by atoms with Gasteiger partial charge >= 0.3 is 0 Å². The second kappa shape index (κ2) is 2.98. The maximum atomic E-state index is 10.4. The van der Waals surface area contributed by atoms with Crippen molar-refractivity contribution in [2.75, 3.05) is 0 Å². The molecule has 0 aromatic carbocycles. The smallest absolute Gasteiger partial charge is 0.0687 e. The summed E-state index contributed by atoms with van der Waals surface area (Å²) >= 11 is 0. The van der Waals surface area contributed by atoms with Crippen LogP contribution in [0.5, 0.6) is 0 Å². The third-order valence-corrected chi connectivity index (χ3v) is 5.06. The van der Waals surface area contributed by atoms with Gasteiger partial charge in [0.05, 0.1) is 5.60 Å².